The van der Waals surface area contributed by atoms with Crippen molar-refractivity contribution in [2.45, 2.75) is 18.9 Å². The third-order valence-electron chi connectivity index (χ3n) is 7.66. The number of likely N-dealkylation sites (tertiary alicyclic amines) is 1. The number of hydrogen-bond donors (Lipinski definition) is 1. The lowest BCUT2D eigenvalue weighted by Crippen LogP contribution is -2.40. The Labute approximate surface area is 280 Å². The lowest BCUT2D eigenvalue weighted by Gasteiger charge is -2.33. The van der Waals surface area contributed by atoms with Crippen LogP contribution >= 0.6 is 34.8 Å². The van der Waals surface area contributed by atoms with Crippen LogP contribution in [-0.2, 0) is 4.79 Å². The molecule has 14 heteroatoms. The predicted octanol–water partition coefficient (Wildman–Crippen LogP) is 6.60. The number of halogens is 4. The minimum absolute atomic E-state index is 0.0623. The number of likely N-dealkylation sites (N-methyl/N-ethyl adjacent to an activating group) is 1. The van der Waals surface area contributed by atoms with Crippen molar-refractivity contribution in [1.82, 2.24) is 24.3 Å². The molecule has 5 rings (SSSR count). The van der Waals surface area contributed by atoms with Crippen LogP contribution in [-0.4, -0.2) is 78.2 Å². The Bertz CT molecular complexity index is 1850. The molecule has 1 N–H and O–H groups in total. The smallest absolute Gasteiger partial charge is 0.260 e. The fourth-order valence-corrected chi connectivity index (χ4v) is 6.22. The number of carbonyl (C=O) groups excluding carboxylic acids is 1. The Morgan fingerprint density at radius 2 is 1.76 bits per heavy atom. The van der Waals surface area contributed by atoms with E-state index in [1.807, 2.05) is 25.1 Å². The van der Waals surface area contributed by atoms with Gasteiger partial charge in [0.2, 0.25) is 11.9 Å². The van der Waals surface area contributed by atoms with Crippen molar-refractivity contribution in [3.63, 3.8) is 0 Å². The second-order valence-electron chi connectivity index (χ2n) is 11.0. The fraction of sp³-hybridized carbons (Fsp3) is 0.312. The number of pyridine rings is 1. The number of benzene rings is 2. The van der Waals surface area contributed by atoms with Crippen LogP contribution in [0, 0.1) is 5.82 Å². The number of nitrogens with zero attached hydrogens (tertiary/aromatic N) is 5. The number of fused-ring (bicyclic) bond motifs is 1. The maximum atomic E-state index is 14.5. The summed E-state index contributed by atoms with van der Waals surface area (Å²) in [5, 5.41) is 3.80. The summed E-state index contributed by atoms with van der Waals surface area (Å²) in [7, 11) is 6.77. The fourth-order valence-electron chi connectivity index (χ4n) is 5.34. The van der Waals surface area contributed by atoms with Gasteiger partial charge in [0.1, 0.15) is 23.0 Å². The van der Waals surface area contributed by atoms with Gasteiger partial charge in [-0.15, -0.1) is 0 Å². The van der Waals surface area contributed by atoms with Gasteiger partial charge in [0.15, 0.2) is 0 Å². The molecule has 1 aliphatic rings. The van der Waals surface area contributed by atoms with Crippen LogP contribution in [0.4, 0.5) is 16.0 Å². The molecule has 1 saturated heterocycles. The molecule has 1 aliphatic heterocycles. The van der Waals surface area contributed by atoms with E-state index in [0.717, 1.165) is 0 Å². The zero-order valence-corrected chi connectivity index (χ0v) is 27.9. The van der Waals surface area contributed by atoms with Gasteiger partial charge in [-0.1, -0.05) is 40.9 Å². The highest BCUT2D eigenvalue weighted by Crippen LogP contribution is 2.45. The zero-order valence-electron chi connectivity index (χ0n) is 25.6. The van der Waals surface area contributed by atoms with Crippen molar-refractivity contribution in [3.8, 4) is 22.6 Å². The first kappa shape index (κ1) is 33.5. The predicted molar refractivity (Wildman–Crippen MR) is 180 cm³/mol. The highest BCUT2D eigenvalue weighted by molar-refractivity contribution is 6.41. The molecule has 10 nitrogen and oxygen atoms in total. The summed E-state index contributed by atoms with van der Waals surface area (Å²) in [4.78, 5) is 40.2. The molecule has 3 heterocycles. The lowest BCUT2D eigenvalue weighted by molar-refractivity contribution is -0.127. The Morgan fingerprint density at radius 1 is 1.09 bits per heavy atom. The van der Waals surface area contributed by atoms with E-state index in [1.165, 1.54) is 32.4 Å². The molecule has 1 amide bonds. The van der Waals surface area contributed by atoms with Gasteiger partial charge in [-0.2, -0.15) is 4.98 Å². The van der Waals surface area contributed by atoms with Crippen molar-refractivity contribution in [2.75, 3.05) is 53.3 Å². The van der Waals surface area contributed by atoms with E-state index >= 15 is 0 Å². The molecular formula is C32H32Cl3FN6O4. The number of carbonyl (C=O) groups is 1. The average Bonchev–Trinajstić information content (AvgIpc) is 3.03. The molecule has 0 saturated carbocycles. The molecule has 1 fully saturated rings. The number of rotatable bonds is 9. The number of nitrogens with one attached hydrogen (secondary N) is 1. The van der Waals surface area contributed by atoms with Crippen LogP contribution < -0.4 is 20.3 Å². The van der Waals surface area contributed by atoms with Crippen LogP contribution in [0.25, 0.3) is 22.2 Å². The first-order valence-electron chi connectivity index (χ1n) is 14.4. The monoisotopic (exact) mass is 688 g/mol. The van der Waals surface area contributed by atoms with E-state index < -0.39 is 11.4 Å². The van der Waals surface area contributed by atoms with Crippen LogP contribution in [0.3, 0.4) is 0 Å². The van der Waals surface area contributed by atoms with Crippen molar-refractivity contribution >= 4 is 63.4 Å². The summed E-state index contributed by atoms with van der Waals surface area (Å²) in [6.07, 6.45) is 5.97. The van der Waals surface area contributed by atoms with Crippen LogP contribution in [0.1, 0.15) is 18.9 Å². The molecule has 0 aliphatic carbocycles. The Balaban J connectivity index is 1.61. The number of ether oxygens (including phenoxy) is 2. The van der Waals surface area contributed by atoms with E-state index in [4.69, 9.17) is 49.3 Å². The SMILES string of the molecule is COc1cc(OC)c(Cl)c(-c2cc3cnc(Nc4ccc(F)c(Cl)c4)nc3n(C3CCN(C(=O)/C=C/CN(C)C)CC3)c2=O)c1Cl. The molecule has 4 aromatic rings. The topological polar surface area (TPSA) is 102 Å². The van der Waals surface area contributed by atoms with Crippen molar-refractivity contribution < 1.29 is 18.7 Å². The maximum absolute atomic E-state index is 14.5. The molecule has 46 heavy (non-hydrogen) atoms. The van der Waals surface area contributed by atoms with Crippen LogP contribution in [0.5, 0.6) is 11.5 Å². The van der Waals surface area contributed by atoms with Gasteiger partial charge < -0.3 is 24.6 Å². The Morgan fingerprint density at radius 3 is 2.37 bits per heavy atom. The molecule has 242 valence electrons. The number of piperidine rings is 1. The van der Waals surface area contributed by atoms with Crippen LogP contribution in [0.2, 0.25) is 15.1 Å². The Hall–Kier alpha value is -3.90. The summed E-state index contributed by atoms with van der Waals surface area (Å²) < 4.78 is 26.3. The number of amides is 1. The van der Waals surface area contributed by atoms with Crippen molar-refractivity contribution in [1.29, 1.82) is 0 Å². The highest BCUT2D eigenvalue weighted by Gasteiger charge is 2.29. The zero-order chi connectivity index (χ0) is 33.1. The summed E-state index contributed by atoms with van der Waals surface area (Å²) in [6, 6.07) is 7.01. The first-order chi connectivity index (χ1) is 22.0. The molecule has 0 radical (unpaired) electrons. The van der Waals surface area contributed by atoms with Gasteiger partial charge in [-0.05, 0) is 51.2 Å². The van der Waals surface area contributed by atoms with E-state index in [9.17, 15) is 14.0 Å². The minimum Gasteiger partial charge on any atom is -0.495 e. The lowest BCUT2D eigenvalue weighted by atomic mass is 10.0. The van der Waals surface area contributed by atoms with Crippen LogP contribution in [0.15, 0.2) is 53.5 Å². The molecule has 0 bridgehead atoms. The largest absolute Gasteiger partial charge is 0.495 e. The first-order valence-corrected chi connectivity index (χ1v) is 15.5. The van der Waals surface area contributed by atoms with Gasteiger partial charge in [0, 0.05) is 60.7 Å². The number of hydrogen-bond acceptors (Lipinski definition) is 8. The Kier molecular flexibility index (Phi) is 10.4. The summed E-state index contributed by atoms with van der Waals surface area (Å²) >= 11 is 19.5. The van der Waals surface area contributed by atoms with Gasteiger partial charge in [-0.25, -0.2) is 9.37 Å². The molecule has 2 aromatic heterocycles. The second-order valence-corrected chi connectivity index (χ2v) is 12.1. The minimum atomic E-state index is -0.558. The molecule has 0 unspecified atom stereocenters. The van der Waals surface area contributed by atoms with E-state index in [0.29, 0.717) is 49.2 Å². The van der Waals surface area contributed by atoms with Gasteiger partial charge in [0.25, 0.3) is 5.56 Å². The van der Waals surface area contributed by atoms with Crippen molar-refractivity contribution in [2.24, 2.45) is 0 Å². The number of methoxy groups -OCH3 is 2. The standard InChI is InChI=1S/C32H32Cl3FN6O4/c1-40(2)11-5-6-26(43)41-12-9-20(10-13-41)42-30-18(17-37-32(39-30)38-19-7-8-23(36)22(33)15-19)14-21(31(42)44)27-28(34)24(45-3)16-25(46-4)29(27)35/h5-8,14-17,20H,9-13H2,1-4H3,(H,37,38,39)/b6-5+. The summed E-state index contributed by atoms with van der Waals surface area (Å²) in [6.45, 7) is 1.52. The molecule has 0 spiro atoms. The number of aromatic nitrogens is 3. The van der Waals surface area contributed by atoms with E-state index in [2.05, 4.69) is 10.3 Å². The molecule has 0 atom stereocenters. The summed E-state index contributed by atoms with van der Waals surface area (Å²) in [5.74, 6) is 0.102. The van der Waals surface area contributed by atoms with E-state index in [1.54, 1.807) is 33.9 Å². The summed E-state index contributed by atoms with van der Waals surface area (Å²) in [5.41, 5.74) is 0.892. The van der Waals surface area contributed by atoms with E-state index in [-0.39, 0.29) is 55.6 Å². The third-order valence-corrected chi connectivity index (χ3v) is 8.70. The number of anilines is 2. The normalized spacial score (nSPS) is 14.0. The average molecular weight is 690 g/mol. The third kappa shape index (κ3) is 6.92. The quantitative estimate of drug-likeness (QED) is 0.196. The van der Waals surface area contributed by atoms with Gasteiger partial charge >= 0.3 is 0 Å². The molecular weight excluding hydrogens is 658 g/mol. The van der Waals surface area contributed by atoms with Crippen molar-refractivity contribution in [3.05, 3.63) is 79.9 Å². The molecule has 2 aromatic carbocycles. The van der Waals surface area contributed by atoms with Gasteiger partial charge in [-0.3, -0.25) is 14.2 Å². The second kappa shape index (κ2) is 14.3. The maximum Gasteiger partial charge on any atom is 0.260 e. The van der Waals surface area contributed by atoms with Gasteiger partial charge in [0.05, 0.1) is 34.9 Å². The highest BCUT2D eigenvalue weighted by atomic mass is 35.5.